The molecule has 1 aromatic heterocycles. The van der Waals surface area contributed by atoms with Crippen LogP contribution in [0, 0.1) is 5.92 Å². The number of hydrogen-bond acceptors (Lipinski definition) is 2. The minimum atomic E-state index is -0.839. The van der Waals surface area contributed by atoms with E-state index in [-0.39, 0.29) is 24.5 Å². The van der Waals surface area contributed by atoms with Crippen molar-refractivity contribution in [3.05, 3.63) is 70.4 Å². The molecule has 0 aliphatic heterocycles. The lowest BCUT2D eigenvalue weighted by Crippen LogP contribution is -2.15. The van der Waals surface area contributed by atoms with E-state index < -0.39 is 5.97 Å². The van der Waals surface area contributed by atoms with Gasteiger partial charge in [-0.05, 0) is 61.8 Å². The molecule has 0 spiro atoms. The molecule has 3 aromatic rings. The monoisotopic (exact) mass is 481 g/mol. The summed E-state index contributed by atoms with van der Waals surface area (Å²) in [7, 11) is 2.01. The van der Waals surface area contributed by atoms with Gasteiger partial charge >= 0.3 is 5.97 Å². The van der Waals surface area contributed by atoms with Gasteiger partial charge in [0, 0.05) is 47.1 Å². The maximum atomic E-state index is 13.6. The zero-order valence-corrected chi connectivity index (χ0v) is 21.1. The van der Waals surface area contributed by atoms with Crippen molar-refractivity contribution in [3.63, 3.8) is 0 Å². The van der Waals surface area contributed by atoms with Gasteiger partial charge in [0.25, 0.3) is 0 Å². The number of aryl methyl sites for hydroxylation is 2. The summed E-state index contributed by atoms with van der Waals surface area (Å²) >= 11 is 6.31. The van der Waals surface area contributed by atoms with Gasteiger partial charge in [-0.2, -0.15) is 0 Å². The van der Waals surface area contributed by atoms with Gasteiger partial charge < -0.3 is 9.67 Å². The topological polar surface area (TPSA) is 59.3 Å². The molecule has 182 valence electrons. The zero-order chi connectivity index (χ0) is 24.5. The average Bonchev–Trinajstić information content (AvgIpc) is 3.08. The Morgan fingerprint density at radius 2 is 1.71 bits per heavy atom. The van der Waals surface area contributed by atoms with Crippen LogP contribution < -0.4 is 0 Å². The highest BCUT2D eigenvalue weighted by Gasteiger charge is 2.24. The minimum absolute atomic E-state index is 0.0338. The molecule has 1 heterocycles. The summed E-state index contributed by atoms with van der Waals surface area (Å²) < 4.78 is 2.12. The molecule has 0 amide bonds. The number of halogens is 1. The number of aromatic nitrogens is 1. The lowest BCUT2D eigenvalue weighted by Gasteiger charge is -2.14. The van der Waals surface area contributed by atoms with Crippen LogP contribution in [0.4, 0.5) is 0 Å². The first-order valence-electron chi connectivity index (χ1n) is 12.5. The number of ketones is 1. The predicted octanol–water partition coefficient (Wildman–Crippen LogP) is 7.64. The van der Waals surface area contributed by atoms with Crippen LogP contribution in [0.1, 0.15) is 79.9 Å². The predicted molar refractivity (Wildman–Crippen MR) is 140 cm³/mol. The lowest BCUT2D eigenvalue weighted by atomic mass is 9.89. The third kappa shape index (κ3) is 6.96. The second-order valence-corrected chi connectivity index (χ2v) is 9.76. The summed E-state index contributed by atoms with van der Waals surface area (Å²) in [5, 5.41) is 10.8. The van der Waals surface area contributed by atoms with E-state index in [1.54, 1.807) is 0 Å². The number of carbonyl (C=O) groups excluding carboxylic acids is 1. The highest BCUT2D eigenvalue weighted by Crippen LogP contribution is 2.32. The van der Waals surface area contributed by atoms with Gasteiger partial charge in [-0.15, -0.1) is 0 Å². The van der Waals surface area contributed by atoms with Gasteiger partial charge in [-0.3, -0.25) is 9.59 Å². The van der Waals surface area contributed by atoms with Gasteiger partial charge in [0.15, 0.2) is 5.78 Å². The van der Waals surface area contributed by atoms with Gasteiger partial charge in [-0.1, -0.05) is 68.1 Å². The Balaban J connectivity index is 1.78. The summed E-state index contributed by atoms with van der Waals surface area (Å²) in [6, 6.07) is 16.2. The Hall–Kier alpha value is -2.59. The Bertz CT molecular complexity index is 1100. The molecule has 0 radical (unpaired) electrons. The number of nitrogens with zero attached hydrogens (tertiary/aromatic N) is 1. The van der Waals surface area contributed by atoms with Gasteiger partial charge in [-0.25, -0.2) is 0 Å². The summed E-state index contributed by atoms with van der Waals surface area (Å²) in [4.78, 5) is 25.0. The molecule has 4 nitrogen and oxygen atoms in total. The number of carboxylic acid groups (broad SMARTS) is 1. The average molecular weight is 482 g/mol. The van der Waals surface area contributed by atoms with Crippen LogP contribution in [0.25, 0.3) is 10.9 Å². The summed E-state index contributed by atoms with van der Waals surface area (Å²) in [6.45, 7) is 2.09. The molecular weight excluding hydrogens is 446 g/mol. The van der Waals surface area contributed by atoms with Crippen LogP contribution in [0.5, 0.6) is 0 Å². The van der Waals surface area contributed by atoms with Crippen LogP contribution in [0.15, 0.2) is 48.5 Å². The van der Waals surface area contributed by atoms with Gasteiger partial charge in [0.1, 0.15) is 0 Å². The first kappa shape index (κ1) is 26.0. The third-order valence-corrected chi connectivity index (χ3v) is 6.92. The molecule has 3 rings (SSSR count). The van der Waals surface area contributed by atoms with Gasteiger partial charge in [0.2, 0.25) is 0 Å². The second-order valence-electron chi connectivity index (χ2n) is 9.32. The van der Waals surface area contributed by atoms with Gasteiger partial charge in [0.05, 0.1) is 0 Å². The second kappa shape index (κ2) is 12.8. The zero-order valence-electron chi connectivity index (χ0n) is 20.4. The highest BCUT2D eigenvalue weighted by molar-refractivity contribution is 6.31. The van der Waals surface area contributed by atoms with Crippen molar-refractivity contribution in [3.8, 4) is 0 Å². The molecule has 0 aliphatic carbocycles. The number of benzene rings is 2. The fourth-order valence-corrected chi connectivity index (χ4v) is 5.07. The van der Waals surface area contributed by atoms with Crippen molar-refractivity contribution < 1.29 is 14.7 Å². The Labute approximate surface area is 207 Å². The van der Waals surface area contributed by atoms with E-state index in [2.05, 4.69) is 35.8 Å². The number of Topliss-reactive ketones (excluding diaryl/α,β-unsaturated/α-hetero) is 1. The molecule has 2 aromatic carbocycles. The maximum Gasteiger partial charge on any atom is 0.303 e. The van der Waals surface area contributed by atoms with E-state index in [9.17, 15) is 14.7 Å². The number of fused-ring (bicyclic) bond motifs is 1. The molecule has 1 N–H and O–H groups in total. The molecule has 0 bridgehead atoms. The lowest BCUT2D eigenvalue weighted by molar-refractivity contribution is -0.138. The van der Waals surface area contributed by atoms with Crippen molar-refractivity contribution in [1.82, 2.24) is 4.57 Å². The molecule has 0 saturated carbocycles. The largest absolute Gasteiger partial charge is 0.481 e. The maximum absolute atomic E-state index is 13.6. The summed E-state index contributed by atoms with van der Waals surface area (Å²) in [5.74, 6) is -0.943. The van der Waals surface area contributed by atoms with E-state index in [0.717, 1.165) is 73.5 Å². The van der Waals surface area contributed by atoms with Crippen molar-refractivity contribution in [2.75, 3.05) is 0 Å². The number of carbonyl (C=O) groups is 2. The summed E-state index contributed by atoms with van der Waals surface area (Å²) in [6.07, 6.45) is 8.05. The van der Waals surface area contributed by atoms with E-state index in [1.807, 2.05) is 31.3 Å². The summed E-state index contributed by atoms with van der Waals surface area (Å²) in [5.41, 5.74) is 4.12. The van der Waals surface area contributed by atoms with Crippen LogP contribution in [0.2, 0.25) is 5.02 Å². The highest BCUT2D eigenvalue weighted by atomic mass is 35.5. The quantitative estimate of drug-likeness (QED) is 0.190. The molecule has 5 heteroatoms. The molecule has 0 aliphatic rings. The molecule has 34 heavy (non-hydrogen) atoms. The standard InChI is InChI=1S/C29H36ClNO3/c1-3-4-11-22(19-28(33)34)18-27(32)29-24-20-23(30)16-17-25(24)31(2)26(29)15-10-6-9-14-21-12-7-5-8-13-21/h5,7-8,12-13,16-17,20,22H,3-4,6,9-11,14-15,18-19H2,1-2H3,(H,33,34). The molecule has 1 atom stereocenters. The first-order chi connectivity index (χ1) is 16.4. The van der Waals surface area contributed by atoms with Crippen LogP contribution in [-0.2, 0) is 24.7 Å². The fourth-order valence-electron chi connectivity index (χ4n) is 4.90. The van der Waals surface area contributed by atoms with Crippen molar-refractivity contribution in [2.24, 2.45) is 13.0 Å². The number of hydrogen-bond donors (Lipinski definition) is 1. The third-order valence-electron chi connectivity index (χ3n) is 6.69. The number of carboxylic acids is 1. The molecule has 0 fully saturated rings. The van der Waals surface area contributed by atoms with Crippen molar-refractivity contribution >= 4 is 34.3 Å². The SMILES string of the molecule is CCCCC(CC(=O)O)CC(=O)c1c(CCCCCc2ccccc2)n(C)c2ccc(Cl)cc12. The first-order valence-corrected chi connectivity index (χ1v) is 12.8. The number of aliphatic carboxylic acids is 1. The Kier molecular flexibility index (Phi) is 9.76. The molecule has 1 unspecified atom stereocenters. The van der Waals surface area contributed by atoms with E-state index in [0.29, 0.717) is 5.02 Å². The van der Waals surface area contributed by atoms with Crippen molar-refractivity contribution in [2.45, 2.75) is 71.1 Å². The number of rotatable bonds is 14. The van der Waals surface area contributed by atoms with E-state index in [1.165, 1.54) is 5.56 Å². The van der Waals surface area contributed by atoms with E-state index in [4.69, 9.17) is 11.6 Å². The van der Waals surface area contributed by atoms with Crippen LogP contribution >= 0.6 is 11.6 Å². The Morgan fingerprint density at radius 1 is 0.971 bits per heavy atom. The van der Waals surface area contributed by atoms with E-state index >= 15 is 0 Å². The Morgan fingerprint density at radius 3 is 2.41 bits per heavy atom. The normalized spacial score (nSPS) is 12.2. The van der Waals surface area contributed by atoms with Crippen LogP contribution in [-0.4, -0.2) is 21.4 Å². The molecule has 0 saturated heterocycles. The fraction of sp³-hybridized carbons (Fsp3) is 0.448. The van der Waals surface area contributed by atoms with Crippen molar-refractivity contribution in [1.29, 1.82) is 0 Å². The number of unbranched alkanes of at least 4 members (excludes halogenated alkanes) is 3. The minimum Gasteiger partial charge on any atom is -0.481 e. The smallest absolute Gasteiger partial charge is 0.303 e. The van der Waals surface area contributed by atoms with Crippen LogP contribution in [0.3, 0.4) is 0 Å². The molecular formula is C29H36ClNO3.